The van der Waals surface area contributed by atoms with Gasteiger partial charge in [0.1, 0.15) is 5.69 Å². The summed E-state index contributed by atoms with van der Waals surface area (Å²) in [5.41, 5.74) is 6.43. The summed E-state index contributed by atoms with van der Waals surface area (Å²) in [7, 11) is 1.63. The summed E-state index contributed by atoms with van der Waals surface area (Å²) in [6, 6.07) is 1.50. The van der Waals surface area contributed by atoms with Crippen molar-refractivity contribution in [1.29, 1.82) is 0 Å². The summed E-state index contributed by atoms with van der Waals surface area (Å²) in [5, 5.41) is 9.01. The number of nitrogens with two attached hydrogens (primary N) is 1. The molecular formula is C10H10N2O3. The summed E-state index contributed by atoms with van der Waals surface area (Å²) < 4.78 is 1.51. The van der Waals surface area contributed by atoms with Crippen molar-refractivity contribution in [2.75, 3.05) is 0 Å². The zero-order valence-electron chi connectivity index (χ0n) is 8.15. The van der Waals surface area contributed by atoms with Crippen LogP contribution in [0.15, 0.2) is 17.8 Å². The molecule has 0 saturated heterocycles. The van der Waals surface area contributed by atoms with Gasteiger partial charge in [-0.1, -0.05) is 0 Å². The van der Waals surface area contributed by atoms with Crippen LogP contribution in [0.5, 0.6) is 0 Å². The Labute approximate surface area is 85.8 Å². The standard InChI is InChI=1S/C10H10N2O3/c1-12-5(4-13)2-6-9(12)8(14)3-7(11)10(6)15/h2-3,13H,4,11H2,1H3. The van der Waals surface area contributed by atoms with Gasteiger partial charge in [-0.2, -0.15) is 0 Å². The molecule has 1 heterocycles. The van der Waals surface area contributed by atoms with Crippen molar-refractivity contribution in [2.24, 2.45) is 12.8 Å². The molecule has 0 unspecified atom stereocenters. The summed E-state index contributed by atoms with van der Waals surface area (Å²) in [6.07, 6.45) is 1.12. The lowest BCUT2D eigenvalue weighted by Gasteiger charge is -2.09. The minimum absolute atomic E-state index is 0.0532. The van der Waals surface area contributed by atoms with Crippen LogP contribution in [0.1, 0.15) is 26.5 Å². The van der Waals surface area contributed by atoms with Crippen molar-refractivity contribution < 1.29 is 14.7 Å². The van der Waals surface area contributed by atoms with Crippen LogP contribution in [0.4, 0.5) is 0 Å². The fraction of sp³-hybridized carbons (Fsp3) is 0.200. The zero-order chi connectivity index (χ0) is 11.2. The van der Waals surface area contributed by atoms with Crippen molar-refractivity contribution in [2.45, 2.75) is 6.61 Å². The van der Waals surface area contributed by atoms with Crippen LogP contribution in [0, 0.1) is 0 Å². The van der Waals surface area contributed by atoms with Crippen LogP contribution in [-0.2, 0) is 13.7 Å². The van der Waals surface area contributed by atoms with Crippen molar-refractivity contribution in [1.82, 2.24) is 4.57 Å². The molecule has 0 aliphatic heterocycles. The Morgan fingerprint density at radius 1 is 1.47 bits per heavy atom. The fourth-order valence-electron chi connectivity index (χ4n) is 1.71. The third-order valence-corrected chi connectivity index (χ3v) is 2.52. The molecule has 0 amide bonds. The number of nitrogens with zero attached hydrogens (tertiary/aromatic N) is 1. The van der Waals surface area contributed by atoms with Gasteiger partial charge in [0.25, 0.3) is 0 Å². The van der Waals surface area contributed by atoms with E-state index in [1.54, 1.807) is 7.05 Å². The third kappa shape index (κ3) is 1.20. The predicted octanol–water partition coefficient (Wildman–Crippen LogP) is -0.261. The highest BCUT2D eigenvalue weighted by atomic mass is 16.3. The highest BCUT2D eigenvalue weighted by Gasteiger charge is 2.28. The smallest absolute Gasteiger partial charge is 0.211 e. The van der Waals surface area contributed by atoms with E-state index in [4.69, 9.17) is 10.8 Å². The van der Waals surface area contributed by atoms with E-state index in [0.717, 1.165) is 6.08 Å². The maximum Gasteiger partial charge on any atom is 0.211 e. The lowest BCUT2D eigenvalue weighted by molar-refractivity contribution is 0.0978. The van der Waals surface area contributed by atoms with E-state index >= 15 is 0 Å². The second-order valence-corrected chi connectivity index (χ2v) is 3.41. The molecular weight excluding hydrogens is 196 g/mol. The first-order valence-corrected chi connectivity index (χ1v) is 4.42. The number of carbonyl (C=O) groups excluding carboxylic acids is 2. The summed E-state index contributed by atoms with van der Waals surface area (Å²) in [5.74, 6) is -0.663. The first-order chi connectivity index (χ1) is 7.06. The van der Waals surface area contributed by atoms with E-state index in [1.165, 1.54) is 10.6 Å². The van der Waals surface area contributed by atoms with Gasteiger partial charge >= 0.3 is 0 Å². The quantitative estimate of drug-likeness (QED) is 0.662. The molecule has 1 aliphatic carbocycles. The van der Waals surface area contributed by atoms with Gasteiger partial charge in [0.2, 0.25) is 11.6 Å². The van der Waals surface area contributed by atoms with Gasteiger partial charge in [-0.3, -0.25) is 9.59 Å². The van der Waals surface area contributed by atoms with Crippen LogP contribution in [0.2, 0.25) is 0 Å². The molecule has 1 aromatic rings. The topological polar surface area (TPSA) is 85.3 Å². The number of hydrogen-bond donors (Lipinski definition) is 2. The number of aliphatic hydroxyl groups excluding tert-OH is 1. The highest BCUT2D eigenvalue weighted by Crippen LogP contribution is 2.22. The van der Waals surface area contributed by atoms with E-state index in [-0.39, 0.29) is 29.4 Å². The van der Waals surface area contributed by atoms with Gasteiger partial charge in [0, 0.05) is 18.8 Å². The number of fused-ring (bicyclic) bond motifs is 1. The normalized spacial score (nSPS) is 15.2. The second kappa shape index (κ2) is 3.06. The van der Waals surface area contributed by atoms with Crippen molar-refractivity contribution in [3.8, 4) is 0 Å². The first kappa shape index (κ1) is 9.67. The minimum atomic E-state index is -0.361. The van der Waals surface area contributed by atoms with E-state index in [1.807, 2.05) is 0 Å². The molecule has 5 nitrogen and oxygen atoms in total. The third-order valence-electron chi connectivity index (χ3n) is 2.52. The van der Waals surface area contributed by atoms with E-state index in [2.05, 4.69) is 0 Å². The lowest BCUT2D eigenvalue weighted by atomic mass is 9.99. The van der Waals surface area contributed by atoms with E-state index < -0.39 is 0 Å². The Morgan fingerprint density at radius 3 is 2.73 bits per heavy atom. The molecule has 1 aliphatic rings. The number of hydrogen-bond acceptors (Lipinski definition) is 4. The first-order valence-electron chi connectivity index (χ1n) is 4.42. The van der Waals surface area contributed by atoms with Gasteiger partial charge in [0.05, 0.1) is 17.9 Å². The number of allylic oxidation sites excluding steroid dienone is 2. The number of rotatable bonds is 1. The molecule has 3 N–H and O–H groups in total. The molecule has 0 spiro atoms. The molecule has 2 rings (SSSR count). The number of ketones is 2. The van der Waals surface area contributed by atoms with Crippen molar-refractivity contribution >= 4 is 11.6 Å². The number of Topliss-reactive ketones (excluding diaryl/α,β-unsaturated/α-hetero) is 1. The largest absolute Gasteiger partial charge is 0.395 e. The zero-order valence-corrected chi connectivity index (χ0v) is 8.15. The van der Waals surface area contributed by atoms with Gasteiger partial charge in [-0.25, -0.2) is 0 Å². The Morgan fingerprint density at radius 2 is 2.13 bits per heavy atom. The van der Waals surface area contributed by atoms with Gasteiger partial charge in [-0.05, 0) is 6.07 Å². The molecule has 0 saturated carbocycles. The molecule has 0 fully saturated rings. The molecule has 0 atom stereocenters. The van der Waals surface area contributed by atoms with Crippen LogP contribution < -0.4 is 5.73 Å². The monoisotopic (exact) mass is 206 g/mol. The number of carbonyl (C=O) groups is 2. The van der Waals surface area contributed by atoms with Crippen LogP contribution in [-0.4, -0.2) is 21.2 Å². The molecule has 0 bridgehead atoms. The SMILES string of the molecule is Cn1c(CO)cc2c1C(=O)C=C(N)C2=O. The maximum atomic E-state index is 11.6. The van der Waals surface area contributed by atoms with Gasteiger partial charge < -0.3 is 15.4 Å². The van der Waals surface area contributed by atoms with E-state index in [0.29, 0.717) is 11.4 Å². The maximum absolute atomic E-state index is 11.6. The summed E-state index contributed by atoms with van der Waals surface area (Å²) in [4.78, 5) is 23.2. The minimum Gasteiger partial charge on any atom is -0.395 e. The average Bonchev–Trinajstić information content (AvgIpc) is 2.53. The molecule has 0 aromatic carbocycles. The second-order valence-electron chi connectivity index (χ2n) is 3.41. The van der Waals surface area contributed by atoms with Crippen molar-refractivity contribution in [3.05, 3.63) is 34.8 Å². The average molecular weight is 206 g/mol. The van der Waals surface area contributed by atoms with Crippen LogP contribution in [0.3, 0.4) is 0 Å². The fourth-order valence-corrected chi connectivity index (χ4v) is 1.71. The Bertz CT molecular complexity index is 497. The number of aromatic nitrogens is 1. The summed E-state index contributed by atoms with van der Waals surface area (Å²) >= 11 is 0. The lowest BCUT2D eigenvalue weighted by Crippen LogP contribution is -2.22. The van der Waals surface area contributed by atoms with E-state index in [9.17, 15) is 9.59 Å². The molecule has 5 heteroatoms. The Kier molecular flexibility index (Phi) is 1.97. The molecule has 0 radical (unpaired) electrons. The summed E-state index contributed by atoms with van der Waals surface area (Å²) in [6.45, 7) is -0.218. The highest BCUT2D eigenvalue weighted by molar-refractivity contribution is 6.23. The van der Waals surface area contributed by atoms with Crippen molar-refractivity contribution in [3.63, 3.8) is 0 Å². The Hall–Kier alpha value is -1.88. The van der Waals surface area contributed by atoms with Gasteiger partial charge in [0.15, 0.2) is 0 Å². The van der Waals surface area contributed by atoms with Crippen LogP contribution in [0.25, 0.3) is 0 Å². The predicted molar refractivity (Wildman–Crippen MR) is 52.3 cm³/mol. The Balaban J connectivity index is 2.69. The molecule has 15 heavy (non-hydrogen) atoms. The number of aliphatic hydroxyl groups is 1. The molecule has 78 valence electrons. The van der Waals surface area contributed by atoms with Crippen LogP contribution >= 0.6 is 0 Å². The molecule has 1 aromatic heterocycles. The van der Waals surface area contributed by atoms with Gasteiger partial charge in [-0.15, -0.1) is 0 Å².